The molecule has 0 unspecified atom stereocenters. The Bertz CT molecular complexity index is 485. The monoisotopic (exact) mass is 332 g/mol. The van der Waals surface area contributed by atoms with Crippen LogP contribution < -0.4 is 10.6 Å². The van der Waals surface area contributed by atoms with Gasteiger partial charge in [-0.2, -0.15) is 13.2 Å². The molecule has 1 aliphatic heterocycles. The predicted octanol–water partition coefficient (Wildman–Crippen LogP) is 2.89. The summed E-state index contributed by atoms with van der Waals surface area (Å²) in [6.45, 7) is 2.06. The molecule has 0 radical (unpaired) electrons. The molecule has 0 aromatic heterocycles. The molecule has 0 bridgehead atoms. The van der Waals surface area contributed by atoms with Gasteiger partial charge in [0.25, 0.3) is 0 Å². The zero-order chi connectivity index (χ0) is 16.0. The summed E-state index contributed by atoms with van der Waals surface area (Å²) in [7, 11) is 0. The maximum Gasteiger partial charge on any atom is 0.416 e. The fourth-order valence-electron chi connectivity index (χ4n) is 2.26. The van der Waals surface area contributed by atoms with E-state index in [1.54, 1.807) is 0 Å². The molecular weight excluding hydrogens is 313 g/mol. The van der Waals surface area contributed by atoms with Crippen molar-refractivity contribution in [3.63, 3.8) is 0 Å². The van der Waals surface area contributed by atoms with Crippen LogP contribution in [0.15, 0.2) is 24.3 Å². The summed E-state index contributed by atoms with van der Waals surface area (Å²) in [5.74, 6) is 0. The highest BCUT2D eigenvalue weighted by Gasteiger charge is 2.29. The smallest absolute Gasteiger partial charge is 0.376 e. The van der Waals surface area contributed by atoms with Crippen molar-refractivity contribution < 1.29 is 17.9 Å². The number of rotatable bonds is 5. The van der Waals surface area contributed by atoms with Crippen LogP contribution in [-0.2, 0) is 17.3 Å². The van der Waals surface area contributed by atoms with Crippen molar-refractivity contribution in [3.05, 3.63) is 35.4 Å². The van der Waals surface area contributed by atoms with E-state index < -0.39 is 11.7 Å². The van der Waals surface area contributed by atoms with Crippen molar-refractivity contribution in [2.75, 3.05) is 19.7 Å². The molecule has 7 heteroatoms. The molecule has 1 saturated heterocycles. The second kappa shape index (κ2) is 7.78. The number of thiocarbonyl (C=S) groups is 1. The highest BCUT2D eigenvalue weighted by atomic mass is 32.1. The minimum absolute atomic E-state index is 0.217. The van der Waals surface area contributed by atoms with E-state index >= 15 is 0 Å². The van der Waals surface area contributed by atoms with Crippen molar-refractivity contribution in [1.29, 1.82) is 0 Å². The Balaban J connectivity index is 1.66. The van der Waals surface area contributed by atoms with Gasteiger partial charge in [-0.1, -0.05) is 12.1 Å². The normalized spacial score (nSPS) is 18.2. The molecule has 0 spiro atoms. The van der Waals surface area contributed by atoms with Gasteiger partial charge in [0.15, 0.2) is 5.11 Å². The molecule has 0 amide bonds. The van der Waals surface area contributed by atoms with Gasteiger partial charge in [0, 0.05) is 19.7 Å². The Labute approximate surface area is 133 Å². The molecule has 1 aromatic carbocycles. The highest BCUT2D eigenvalue weighted by Crippen LogP contribution is 2.29. The number of nitrogens with one attached hydrogen (secondary N) is 2. The average molecular weight is 332 g/mol. The minimum Gasteiger partial charge on any atom is -0.376 e. The first kappa shape index (κ1) is 17.0. The van der Waals surface area contributed by atoms with E-state index in [0.29, 0.717) is 24.6 Å². The van der Waals surface area contributed by atoms with Gasteiger partial charge in [-0.05, 0) is 49.2 Å². The van der Waals surface area contributed by atoms with Crippen LogP contribution in [-0.4, -0.2) is 30.9 Å². The zero-order valence-electron chi connectivity index (χ0n) is 12.1. The lowest BCUT2D eigenvalue weighted by Crippen LogP contribution is -2.40. The first-order chi connectivity index (χ1) is 10.4. The molecule has 3 nitrogen and oxygen atoms in total. The van der Waals surface area contributed by atoms with Crippen LogP contribution in [0.1, 0.15) is 24.0 Å². The first-order valence-corrected chi connectivity index (χ1v) is 7.65. The highest BCUT2D eigenvalue weighted by molar-refractivity contribution is 7.80. The quantitative estimate of drug-likeness (QED) is 0.813. The molecule has 1 heterocycles. The van der Waals surface area contributed by atoms with Crippen LogP contribution in [0.2, 0.25) is 0 Å². The predicted molar refractivity (Wildman–Crippen MR) is 82.7 cm³/mol. The standard InChI is InChI=1S/C15H19F3N2OS/c16-15(17,18)12-5-3-11(4-6-12)7-8-19-14(22)20-10-13-2-1-9-21-13/h3-6,13H,1-2,7-10H2,(H2,19,20,22)/t13-/m1/s1. The van der Waals surface area contributed by atoms with Crippen LogP contribution in [0.5, 0.6) is 0 Å². The number of benzene rings is 1. The molecule has 0 aliphatic carbocycles. The van der Waals surface area contributed by atoms with Crippen LogP contribution >= 0.6 is 12.2 Å². The van der Waals surface area contributed by atoms with Crippen LogP contribution in [0.3, 0.4) is 0 Å². The van der Waals surface area contributed by atoms with Crippen molar-refractivity contribution in [3.8, 4) is 0 Å². The molecule has 2 rings (SSSR count). The number of hydrogen-bond acceptors (Lipinski definition) is 2. The molecule has 22 heavy (non-hydrogen) atoms. The Hall–Kier alpha value is -1.34. The summed E-state index contributed by atoms with van der Waals surface area (Å²) in [4.78, 5) is 0. The molecule has 0 saturated carbocycles. The van der Waals surface area contributed by atoms with E-state index in [-0.39, 0.29) is 6.10 Å². The van der Waals surface area contributed by atoms with Crippen LogP contribution in [0.4, 0.5) is 13.2 Å². The lowest BCUT2D eigenvalue weighted by molar-refractivity contribution is -0.137. The SMILES string of the molecule is FC(F)(F)c1ccc(CCNC(=S)NC[C@H]2CCCO2)cc1. The molecule has 1 aliphatic rings. The molecule has 122 valence electrons. The molecule has 1 aromatic rings. The fraction of sp³-hybridized carbons (Fsp3) is 0.533. The Morgan fingerprint density at radius 2 is 1.95 bits per heavy atom. The van der Waals surface area contributed by atoms with Gasteiger partial charge in [0.2, 0.25) is 0 Å². The second-order valence-corrected chi connectivity index (χ2v) is 5.62. The van der Waals surface area contributed by atoms with Gasteiger partial charge in [-0.25, -0.2) is 0 Å². The molecule has 2 N–H and O–H groups in total. The van der Waals surface area contributed by atoms with E-state index in [2.05, 4.69) is 10.6 Å². The lowest BCUT2D eigenvalue weighted by Gasteiger charge is -2.14. The fourth-order valence-corrected chi connectivity index (χ4v) is 2.44. The summed E-state index contributed by atoms with van der Waals surface area (Å²) >= 11 is 5.15. The molecular formula is C15H19F3N2OS. The van der Waals surface area contributed by atoms with Crippen LogP contribution in [0.25, 0.3) is 0 Å². The maximum absolute atomic E-state index is 12.4. The van der Waals surface area contributed by atoms with E-state index in [9.17, 15) is 13.2 Å². The Morgan fingerprint density at radius 3 is 2.55 bits per heavy atom. The van der Waals surface area contributed by atoms with Crippen LogP contribution in [0, 0.1) is 0 Å². The zero-order valence-corrected chi connectivity index (χ0v) is 12.9. The Morgan fingerprint density at radius 1 is 1.23 bits per heavy atom. The van der Waals surface area contributed by atoms with Gasteiger partial charge in [-0.15, -0.1) is 0 Å². The van der Waals surface area contributed by atoms with E-state index in [1.807, 2.05) is 0 Å². The largest absolute Gasteiger partial charge is 0.416 e. The van der Waals surface area contributed by atoms with Gasteiger partial charge in [-0.3, -0.25) is 0 Å². The summed E-state index contributed by atoms with van der Waals surface area (Å²) in [6, 6.07) is 5.19. The van der Waals surface area contributed by atoms with E-state index in [4.69, 9.17) is 17.0 Å². The number of alkyl halides is 3. The molecule has 1 atom stereocenters. The van der Waals surface area contributed by atoms with Crippen molar-refractivity contribution in [2.24, 2.45) is 0 Å². The van der Waals surface area contributed by atoms with Gasteiger partial charge in [0.05, 0.1) is 11.7 Å². The third-order valence-electron chi connectivity index (χ3n) is 3.49. The summed E-state index contributed by atoms with van der Waals surface area (Å²) in [5.41, 5.74) is 0.209. The number of ether oxygens (including phenoxy) is 1. The van der Waals surface area contributed by atoms with Crippen molar-refractivity contribution in [1.82, 2.24) is 10.6 Å². The third-order valence-corrected chi connectivity index (χ3v) is 3.78. The minimum atomic E-state index is -4.29. The third kappa shape index (κ3) is 5.46. The summed E-state index contributed by atoms with van der Waals surface area (Å²) in [5, 5.41) is 6.67. The first-order valence-electron chi connectivity index (χ1n) is 7.24. The summed E-state index contributed by atoms with van der Waals surface area (Å²) < 4.78 is 42.8. The Kier molecular flexibility index (Phi) is 6.02. The number of halogens is 3. The van der Waals surface area contributed by atoms with E-state index in [0.717, 1.165) is 37.1 Å². The van der Waals surface area contributed by atoms with Gasteiger partial charge >= 0.3 is 6.18 Å². The van der Waals surface area contributed by atoms with Gasteiger partial charge < -0.3 is 15.4 Å². The van der Waals surface area contributed by atoms with E-state index in [1.165, 1.54) is 12.1 Å². The average Bonchev–Trinajstić information content (AvgIpc) is 2.98. The second-order valence-electron chi connectivity index (χ2n) is 5.22. The maximum atomic E-state index is 12.4. The summed E-state index contributed by atoms with van der Waals surface area (Å²) in [6.07, 6.45) is -1.33. The van der Waals surface area contributed by atoms with Crippen molar-refractivity contribution >= 4 is 17.3 Å². The molecule has 1 fully saturated rings. The van der Waals surface area contributed by atoms with Gasteiger partial charge in [0.1, 0.15) is 0 Å². The topological polar surface area (TPSA) is 33.3 Å². The number of hydrogen-bond donors (Lipinski definition) is 2. The van der Waals surface area contributed by atoms with Crippen molar-refractivity contribution in [2.45, 2.75) is 31.5 Å². The lowest BCUT2D eigenvalue weighted by atomic mass is 10.1.